The summed E-state index contributed by atoms with van der Waals surface area (Å²) in [4.78, 5) is 11.6. The Morgan fingerprint density at radius 1 is 1.05 bits per heavy atom. The maximum atomic E-state index is 11.1. The average Bonchev–Trinajstić information content (AvgIpc) is 3.11. The second-order valence-corrected chi connectivity index (χ2v) is 5.90. The number of benzene rings is 2. The highest BCUT2D eigenvalue weighted by molar-refractivity contribution is 7.80. The van der Waals surface area contributed by atoms with E-state index in [0.717, 1.165) is 27.1 Å². The average molecular weight is 315 g/mol. The topological polar surface area (TPSA) is 61.6 Å². The van der Waals surface area contributed by atoms with Crippen LogP contribution in [0.2, 0.25) is 0 Å². The Hall–Kier alpha value is -1.89. The zero-order valence-electron chi connectivity index (χ0n) is 11.6. The number of rotatable bonds is 2. The molecule has 1 saturated heterocycles. The summed E-state index contributed by atoms with van der Waals surface area (Å²) in [7, 11) is 0. The molecule has 5 nitrogen and oxygen atoms in total. The number of hydrogen-bond acceptors (Lipinski definition) is 5. The molecule has 6 heteroatoms. The van der Waals surface area contributed by atoms with Crippen molar-refractivity contribution in [1.82, 2.24) is 0 Å². The maximum absolute atomic E-state index is 11.1. The molecule has 1 aliphatic carbocycles. The highest BCUT2D eigenvalue weighted by Crippen LogP contribution is 2.49. The molecule has 2 aromatic carbocycles. The molecule has 2 aromatic rings. The van der Waals surface area contributed by atoms with Crippen LogP contribution in [-0.2, 0) is 9.47 Å². The molecule has 1 heterocycles. The van der Waals surface area contributed by atoms with Crippen molar-refractivity contribution in [3.63, 3.8) is 0 Å². The van der Waals surface area contributed by atoms with Gasteiger partial charge in [-0.05, 0) is 40.5 Å². The lowest BCUT2D eigenvalue weighted by molar-refractivity contribution is -0.384. The van der Waals surface area contributed by atoms with E-state index >= 15 is 0 Å². The molecule has 4 rings (SSSR count). The van der Waals surface area contributed by atoms with Crippen molar-refractivity contribution < 1.29 is 14.4 Å². The summed E-state index contributed by atoms with van der Waals surface area (Å²) in [6.07, 6.45) is -0.405. The van der Waals surface area contributed by atoms with E-state index in [1.165, 1.54) is 6.07 Å². The fourth-order valence-corrected chi connectivity index (χ4v) is 3.46. The van der Waals surface area contributed by atoms with Gasteiger partial charge in [0.2, 0.25) is 0 Å². The fraction of sp³-hybridized carbons (Fsp3) is 0.250. The van der Waals surface area contributed by atoms with Crippen LogP contribution in [0.15, 0.2) is 41.3 Å². The summed E-state index contributed by atoms with van der Waals surface area (Å²) < 4.78 is 11.3. The van der Waals surface area contributed by atoms with Crippen LogP contribution < -0.4 is 0 Å². The maximum Gasteiger partial charge on any atom is 0.269 e. The molecule has 1 atom stereocenters. The molecule has 0 amide bonds. The number of non-ortho nitro benzene ring substituents is 1. The predicted octanol–water partition coefficient (Wildman–Crippen LogP) is 3.37. The lowest BCUT2D eigenvalue weighted by atomic mass is 9.96. The van der Waals surface area contributed by atoms with Crippen LogP contribution in [0.4, 0.5) is 5.69 Å². The van der Waals surface area contributed by atoms with Crippen molar-refractivity contribution in [3.05, 3.63) is 57.6 Å². The summed E-state index contributed by atoms with van der Waals surface area (Å²) >= 11 is 4.41. The van der Waals surface area contributed by atoms with Crippen LogP contribution in [0.25, 0.3) is 11.1 Å². The number of fused-ring (bicyclic) bond motifs is 3. The van der Waals surface area contributed by atoms with Crippen LogP contribution in [0.3, 0.4) is 0 Å². The van der Waals surface area contributed by atoms with Gasteiger partial charge in [-0.1, -0.05) is 6.07 Å². The summed E-state index contributed by atoms with van der Waals surface area (Å²) in [6, 6.07) is 10.9. The first-order valence-corrected chi connectivity index (χ1v) is 7.45. The van der Waals surface area contributed by atoms with Gasteiger partial charge in [0.1, 0.15) is 0 Å². The molecule has 1 unspecified atom stereocenters. The lowest BCUT2D eigenvalue weighted by Crippen LogP contribution is -2.19. The lowest BCUT2D eigenvalue weighted by Gasteiger charge is -2.19. The summed E-state index contributed by atoms with van der Waals surface area (Å²) in [5.74, 6) is -0.153. The highest BCUT2D eigenvalue weighted by Gasteiger charge is 2.38. The third kappa shape index (κ3) is 2.03. The quantitative estimate of drug-likeness (QED) is 0.524. The molecule has 112 valence electrons. The molecule has 0 spiro atoms. The second kappa shape index (κ2) is 5.08. The van der Waals surface area contributed by atoms with Crippen molar-refractivity contribution in [3.8, 4) is 11.1 Å². The number of nitro groups is 1. The smallest absolute Gasteiger partial charge is 0.269 e. The highest BCUT2D eigenvalue weighted by atomic mass is 32.1. The van der Waals surface area contributed by atoms with E-state index in [1.807, 2.05) is 18.2 Å². The third-order valence-corrected chi connectivity index (χ3v) is 4.44. The standard InChI is InChI=1S/C16H13NO4S/c18-17(19)9-1-3-11-12-4-2-10(22)8-14(12)15(13(11)7-9)16-20-5-6-21-16/h1-4,7-8,15-16,22H,5-6H2. The molecule has 0 bridgehead atoms. The Labute approximate surface area is 132 Å². The molecule has 0 radical (unpaired) electrons. The fourth-order valence-electron chi connectivity index (χ4n) is 3.25. The monoisotopic (exact) mass is 315 g/mol. The van der Waals surface area contributed by atoms with Gasteiger partial charge >= 0.3 is 0 Å². The number of hydrogen-bond donors (Lipinski definition) is 1. The van der Waals surface area contributed by atoms with Gasteiger partial charge in [0.25, 0.3) is 5.69 Å². The van der Waals surface area contributed by atoms with Crippen molar-refractivity contribution in [2.75, 3.05) is 13.2 Å². The zero-order chi connectivity index (χ0) is 15.3. The summed E-state index contributed by atoms with van der Waals surface area (Å²) in [5.41, 5.74) is 4.08. The van der Waals surface area contributed by atoms with Crippen molar-refractivity contribution in [1.29, 1.82) is 0 Å². The summed E-state index contributed by atoms with van der Waals surface area (Å²) in [5, 5.41) is 11.1. The number of nitrogens with zero attached hydrogens (tertiary/aromatic N) is 1. The van der Waals surface area contributed by atoms with Crippen molar-refractivity contribution >= 4 is 18.3 Å². The minimum Gasteiger partial charge on any atom is -0.349 e. The second-order valence-electron chi connectivity index (χ2n) is 5.39. The van der Waals surface area contributed by atoms with Crippen LogP contribution in [0.1, 0.15) is 17.0 Å². The van der Waals surface area contributed by atoms with Crippen LogP contribution >= 0.6 is 12.6 Å². The Balaban J connectivity index is 1.92. The largest absolute Gasteiger partial charge is 0.349 e. The number of thiol groups is 1. The number of ether oxygens (including phenoxy) is 2. The van der Waals surface area contributed by atoms with E-state index in [-0.39, 0.29) is 16.5 Å². The zero-order valence-corrected chi connectivity index (χ0v) is 12.5. The van der Waals surface area contributed by atoms with E-state index in [1.54, 1.807) is 12.1 Å². The van der Waals surface area contributed by atoms with Gasteiger partial charge in [-0.15, -0.1) is 12.6 Å². The first-order valence-electron chi connectivity index (χ1n) is 7.00. The molecule has 0 saturated carbocycles. The van der Waals surface area contributed by atoms with Crippen LogP contribution in [0, 0.1) is 10.1 Å². The van der Waals surface area contributed by atoms with Gasteiger partial charge in [0, 0.05) is 17.0 Å². The molecular formula is C16H13NO4S. The van der Waals surface area contributed by atoms with Crippen LogP contribution in [0.5, 0.6) is 0 Å². The van der Waals surface area contributed by atoms with Crippen molar-refractivity contribution in [2.45, 2.75) is 17.1 Å². The third-order valence-electron chi connectivity index (χ3n) is 4.16. The predicted molar refractivity (Wildman–Crippen MR) is 83.3 cm³/mol. The minimum absolute atomic E-state index is 0.0839. The van der Waals surface area contributed by atoms with Gasteiger partial charge < -0.3 is 9.47 Å². The summed E-state index contributed by atoms with van der Waals surface area (Å²) in [6.45, 7) is 1.09. The number of nitro benzene ring substituents is 1. The Morgan fingerprint density at radius 3 is 2.36 bits per heavy atom. The molecule has 22 heavy (non-hydrogen) atoms. The molecule has 1 aliphatic heterocycles. The van der Waals surface area contributed by atoms with E-state index in [2.05, 4.69) is 12.6 Å². The normalized spacial score (nSPS) is 20.0. The molecule has 1 fully saturated rings. The van der Waals surface area contributed by atoms with E-state index in [4.69, 9.17) is 9.47 Å². The van der Waals surface area contributed by atoms with Crippen LogP contribution in [-0.4, -0.2) is 24.4 Å². The van der Waals surface area contributed by atoms with Gasteiger partial charge in [-0.2, -0.15) is 0 Å². The molecular weight excluding hydrogens is 302 g/mol. The Kier molecular flexibility index (Phi) is 3.18. The van der Waals surface area contributed by atoms with Crippen molar-refractivity contribution in [2.24, 2.45) is 0 Å². The van der Waals surface area contributed by atoms with Gasteiger partial charge in [-0.3, -0.25) is 10.1 Å². The molecule has 0 aromatic heterocycles. The van der Waals surface area contributed by atoms with E-state index in [9.17, 15) is 10.1 Å². The molecule has 2 aliphatic rings. The van der Waals surface area contributed by atoms with E-state index in [0.29, 0.717) is 13.2 Å². The SMILES string of the molecule is O=[N+]([O-])c1ccc2c(c1)C(C1OCCO1)c1cc(S)ccc1-2. The Morgan fingerprint density at radius 2 is 1.68 bits per heavy atom. The first kappa shape index (κ1) is 13.8. The first-order chi connectivity index (χ1) is 10.6. The van der Waals surface area contributed by atoms with E-state index < -0.39 is 6.29 Å². The molecule has 0 N–H and O–H groups in total. The Bertz CT molecular complexity index is 771. The van der Waals surface area contributed by atoms with Gasteiger partial charge in [0.05, 0.1) is 24.1 Å². The van der Waals surface area contributed by atoms with Gasteiger partial charge in [0.15, 0.2) is 6.29 Å². The minimum atomic E-state index is -0.405. The van der Waals surface area contributed by atoms with Gasteiger partial charge in [-0.25, -0.2) is 0 Å².